The van der Waals surface area contributed by atoms with Crippen molar-refractivity contribution in [3.63, 3.8) is 0 Å². The maximum atomic E-state index is 13.4. The number of fused-ring (bicyclic) bond motifs is 1. The van der Waals surface area contributed by atoms with E-state index in [-0.39, 0.29) is 11.7 Å². The molecule has 0 radical (unpaired) electrons. The van der Waals surface area contributed by atoms with E-state index in [1.807, 2.05) is 13.0 Å². The zero-order valence-electron chi connectivity index (χ0n) is 14.5. The summed E-state index contributed by atoms with van der Waals surface area (Å²) in [6.45, 7) is 4.01. The molecule has 1 saturated carbocycles. The number of carbonyl (C=O) groups excluding carboxylic acids is 1. The van der Waals surface area contributed by atoms with Crippen LogP contribution in [0.5, 0.6) is 0 Å². The molecule has 0 unspecified atom stereocenters. The quantitative estimate of drug-likeness (QED) is 0.766. The molecule has 0 aromatic carbocycles. The van der Waals surface area contributed by atoms with Crippen molar-refractivity contribution in [2.24, 2.45) is 5.92 Å². The van der Waals surface area contributed by atoms with Gasteiger partial charge in [-0.05, 0) is 37.8 Å². The maximum Gasteiger partial charge on any atom is 0.284 e. The second-order valence-corrected chi connectivity index (χ2v) is 6.90. The summed E-state index contributed by atoms with van der Waals surface area (Å²) < 4.78 is 30.0. The van der Waals surface area contributed by atoms with Crippen LogP contribution < -0.4 is 5.32 Å². The third-order valence-electron chi connectivity index (χ3n) is 4.93. The molecule has 3 aromatic heterocycles. The fraction of sp³-hybridized carbons (Fsp3) is 0.389. The predicted molar refractivity (Wildman–Crippen MR) is 92.5 cm³/mol. The van der Waals surface area contributed by atoms with E-state index in [0.717, 1.165) is 18.5 Å². The first-order valence-electron chi connectivity index (χ1n) is 8.55. The molecule has 1 aliphatic rings. The van der Waals surface area contributed by atoms with Crippen LogP contribution in [0.3, 0.4) is 0 Å². The van der Waals surface area contributed by atoms with E-state index in [4.69, 9.17) is 0 Å². The van der Waals surface area contributed by atoms with Crippen LogP contribution in [0.1, 0.15) is 54.0 Å². The van der Waals surface area contributed by atoms with Crippen molar-refractivity contribution in [1.82, 2.24) is 19.2 Å². The van der Waals surface area contributed by atoms with Gasteiger partial charge >= 0.3 is 0 Å². The Bertz CT molecular complexity index is 971. The molecule has 0 spiro atoms. The average molecular weight is 359 g/mol. The summed E-state index contributed by atoms with van der Waals surface area (Å²) in [5.74, 6) is 0.0910. The van der Waals surface area contributed by atoms with Crippen LogP contribution in [0.4, 0.5) is 14.5 Å². The summed E-state index contributed by atoms with van der Waals surface area (Å²) in [4.78, 5) is 16.9. The molecule has 4 rings (SSSR count). The Balaban J connectivity index is 1.63. The van der Waals surface area contributed by atoms with Gasteiger partial charge in [-0.15, -0.1) is 0 Å². The van der Waals surface area contributed by atoms with Gasteiger partial charge in [0.2, 0.25) is 0 Å². The van der Waals surface area contributed by atoms with Crippen LogP contribution in [0.15, 0.2) is 30.7 Å². The van der Waals surface area contributed by atoms with Crippen LogP contribution in [0.2, 0.25) is 0 Å². The fourth-order valence-electron chi connectivity index (χ4n) is 3.43. The van der Waals surface area contributed by atoms with E-state index in [2.05, 4.69) is 22.3 Å². The van der Waals surface area contributed by atoms with E-state index in [1.165, 1.54) is 6.20 Å². The average Bonchev–Trinajstić information content (AvgIpc) is 3.17. The molecule has 1 amide bonds. The normalized spacial score (nSPS) is 19.7. The third-order valence-corrected chi connectivity index (χ3v) is 4.93. The van der Waals surface area contributed by atoms with Crippen LogP contribution in [-0.2, 0) is 0 Å². The van der Waals surface area contributed by atoms with Gasteiger partial charge in [0.15, 0.2) is 5.69 Å². The van der Waals surface area contributed by atoms with Crippen molar-refractivity contribution in [2.75, 3.05) is 5.32 Å². The highest BCUT2D eigenvalue weighted by Crippen LogP contribution is 2.38. The number of aromatic nitrogens is 4. The molecule has 0 saturated heterocycles. The minimum atomic E-state index is -2.75. The van der Waals surface area contributed by atoms with Crippen molar-refractivity contribution in [3.05, 3.63) is 47.7 Å². The van der Waals surface area contributed by atoms with E-state index >= 15 is 0 Å². The maximum absolute atomic E-state index is 13.4. The van der Waals surface area contributed by atoms with E-state index < -0.39 is 18.0 Å². The van der Waals surface area contributed by atoms with Gasteiger partial charge in [-0.3, -0.25) is 9.48 Å². The van der Waals surface area contributed by atoms with E-state index in [1.54, 1.807) is 27.5 Å². The molecule has 1 N–H and O–H groups in total. The molecule has 0 atom stereocenters. The number of hydrogen-bond donors (Lipinski definition) is 1. The predicted octanol–water partition coefficient (Wildman–Crippen LogP) is 4.00. The lowest BCUT2D eigenvalue weighted by molar-refractivity contribution is 0.102. The number of carbonyl (C=O) groups is 1. The molecule has 8 heteroatoms. The Labute approximate surface area is 148 Å². The Morgan fingerprint density at radius 3 is 2.81 bits per heavy atom. The van der Waals surface area contributed by atoms with Gasteiger partial charge in [-0.2, -0.15) is 5.10 Å². The lowest BCUT2D eigenvalue weighted by Gasteiger charge is -2.32. The zero-order chi connectivity index (χ0) is 18.4. The van der Waals surface area contributed by atoms with Crippen molar-refractivity contribution < 1.29 is 13.6 Å². The van der Waals surface area contributed by atoms with Gasteiger partial charge in [0.05, 0.1) is 17.3 Å². The molecule has 136 valence electrons. The molecule has 3 aromatic rings. The van der Waals surface area contributed by atoms with Crippen molar-refractivity contribution >= 4 is 17.2 Å². The Hall–Kier alpha value is -2.77. The SMILES string of the molecule is Cc1ccnc2c(C(=O)Nc3cn(C4CC(C)C4)nc3C(F)F)ccn12. The zero-order valence-corrected chi connectivity index (χ0v) is 14.5. The molecule has 6 nitrogen and oxygen atoms in total. The first kappa shape index (κ1) is 16.7. The first-order valence-corrected chi connectivity index (χ1v) is 8.55. The van der Waals surface area contributed by atoms with Crippen LogP contribution in [0.25, 0.3) is 5.65 Å². The Morgan fingerprint density at radius 2 is 2.12 bits per heavy atom. The minimum absolute atomic E-state index is 0.0524. The van der Waals surface area contributed by atoms with Gasteiger partial charge in [0.25, 0.3) is 12.3 Å². The topological polar surface area (TPSA) is 64.2 Å². The highest BCUT2D eigenvalue weighted by Gasteiger charge is 2.30. The fourth-order valence-corrected chi connectivity index (χ4v) is 3.43. The van der Waals surface area contributed by atoms with Gasteiger partial charge in [-0.1, -0.05) is 6.92 Å². The minimum Gasteiger partial charge on any atom is -0.319 e. The van der Waals surface area contributed by atoms with Crippen LogP contribution >= 0.6 is 0 Å². The number of anilines is 1. The number of nitrogens with zero attached hydrogens (tertiary/aromatic N) is 4. The smallest absolute Gasteiger partial charge is 0.284 e. The van der Waals surface area contributed by atoms with Crippen molar-refractivity contribution in [3.8, 4) is 0 Å². The van der Waals surface area contributed by atoms with Crippen LogP contribution in [0, 0.1) is 12.8 Å². The lowest BCUT2D eigenvalue weighted by atomic mass is 9.82. The Kier molecular flexibility index (Phi) is 3.97. The first-order chi connectivity index (χ1) is 12.4. The molecule has 1 aliphatic carbocycles. The lowest BCUT2D eigenvalue weighted by Crippen LogP contribution is -2.25. The number of alkyl halides is 2. The number of halogens is 2. The molecular weight excluding hydrogens is 340 g/mol. The molecular formula is C18H19F2N5O. The highest BCUT2D eigenvalue weighted by atomic mass is 19.3. The number of amides is 1. The van der Waals surface area contributed by atoms with Gasteiger partial charge in [0.1, 0.15) is 5.65 Å². The standard InChI is InChI=1S/C18H19F2N5O/c1-10-7-12(8-10)25-9-14(15(23-25)16(19)20)22-18(26)13-4-6-24-11(2)3-5-21-17(13)24/h3-6,9-10,12,16H,7-8H2,1-2H3,(H,22,26). The summed E-state index contributed by atoms with van der Waals surface area (Å²) in [5.41, 5.74) is 1.40. The molecule has 0 bridgehead atoms. The van der Waals surface area contributed by atoms with Gasteiger partial charge in [0, 0.05) is 24.3 Å². The highest BCUT2D eigenvalue weighted by molar-refractivity contribution is 6.08. The van der Waals surface area contributed by atoms with Crippen molar-refractivity contribution in [1.29, 1.82) is 0 Å². The number of aryl methyl sites for hydroxylation is 1. The second-order valence-electron chi connectivity index (χ2n) is 6.90. The summed E-state index contributed by atoms with van der Waals surface area (Å²) in [6, 6.07) is 3.57. The Morgan fingerprint density at radius 1 is 1.35 bits per heavy atom. The molecule has 0 aliphatic heterocycles. The van der Waals surface area contributed by atoms with E-state index in [9.17, 15) is 13.6 Å². The molecule has 3 heterocycles. The summed E-state index contributed by atoms with van der Waals surface area (Å²) >= 11 is 0. The largest absolute Gasteiger partial charge is 0.319 e. The van der Waals surface area contributed by atoms with Crippen LogP contribution in [-0.4, -0.2) is 25.1 Å². The monoisotopic (exact) mass is 359 g/mol. The number of nitrogens with one attached hydrogen (secondary N) is 1. The van der Waals surface area contributed by atoms with Crippen molar-refractivity contribution in [2.45, 2.75) is 39.2 Å². The van der Waals surface area contributed by atoms with Gasteiger partial charge < -0.3 is 9.72 Å². The van der Waals surface area contributed by atoms with Gasteiger partial charge in [-0.25, -0.2) is 13.8 Å². The number of rotatable bonds is 4. The third kappa shape index (κ3) is 2.75. The summed E-state index contributed by atoms with van der Waals surface area (Å²) in [7, 11) is 0. The van der Waals surface area contributed by atoms with E-state index in [0.29, 0.717) is 17.1 Å². The number of hydrogen-bond acceptors (Lipinski definition) is 3. The summed E-state index contributed by atoms with van der Waals surface area (Å²) in [5, 5.41) is 6.59. The molecule has 1 fully saturated rings. The molecule has 26 heavy (non-hydrogen) atoms. The summed E-state index contributed by atoms with van der Waals surface area (Å²) in [6.07, 6.45) is 3.92. The second kappa shape index (κ2) is 6.19.